The predicted octanol–water partition coefficient (Wildman–Crippen LogP) is -0.266. The first kappa shape index (κ1) is 12.3. The third kappa shape index (κ3) is 4.51. The van der Waals surface area contributed by atoms with Gasteiger partial charge < -0.3 is 11.1 Å². The first-order chi connectivity index (χ1) is 6.89. The summed E-state index contributed by atoms with van der Waals surface area (Å²) in [5.41, 5.74) is 5.61. The molecule has 88 valence electrons. The van der Waals surface area contributed by atoms with Gasteiger partial charge in [0, 0.05) is 12.6 Å². The van der Waals surface area contributed by atoms with Crippen molar-refractivity contribution in [2.45, 2.75) is 26.3 Å². The molecule has 6 heteroatoms. The number of hydrogen-bond donors (Lipinski definition) is 2. The maximum atomic E-state index is 11.2. The van der Waals surface area contributed by atoms with E-state index in [0.29, 0.717) is 24.7 Å². The van der Waals surface area contributed by atoms with Gasteiger partial charge in [-0.15, -0.1) is 0 Å². The third-order valence-electron chi connectivity index (χ3n) is 2.28. The minimum Gasteiger partial charge on any atom is -0.370 e. The molecule has 0 bridgehead atoms. The molecule has 0 saturated carbocycles. The molecule has 1 aliphatic heterocycles. The van der Waals surface area contributed by atoms with Crippen molar-refractivity contribution in [3.63, 3.8) is 0 Å². The van der Waals surface area contributed by atoms with Crippen LogP contribution in [0.5, 0.6) is 0 Å². The summed E-state index contributed by atoms with van der Waals surface area (Å²) in [5, 5.41) is 2.97. The molecule has 1 heterocycles. The number of nitrogens with zero attached hydrogens (tertiary/aromatic N) is 1. The molecule has 1 atom stereocenters. The summed E-state index contributed by atoms with van der Waals surface area (Å²) >= 11 is 0. The van der Waals surface area contributed by atoms with E-state index in [0.717, 1.165) is 0 Å². The van der Waals surface area contributed by atoms with Crippen LogP contribution in [0.25, 0.3) is 0 Å². The van der Waals surface area contributed by atoms with Gasteiger partial charge in [0.15, 0.2) is 15.8 Å². The summed E-state index contributed by atoms with van der Waals surface area (Å²) in [7, 11) is -2.80. The molecule has 1 unspecified atom stereocenters. The van der Waals surface area contributed by atoms with E-state index in [2.05, 4.69) is 10.3 Å². The van der Waals surface area contributed by atoms with Crippen LogP contribution in [0.1, 0.15) is 20.3 Å². The molecule has 0 aromatic carbocycles. The molecule has 0 amide bonds. The van der Waals surface area contributed by atoms with Crippen LogP contribution in [0.15, 0.2) is 4.99 Å². The average molecular weight is 233 g/mol. The summed E-state index contributed by atoms with van der Waals surface area (Å²) in [6.07, 6.45) is 0.709. The summed E-state index contributed by atoms with van der Waals surface area (Å²) < 4.78 is 22.3. The third-order valence-corrected chi connectivity index (χ3v) is 4.12. The SMILES string of the molecule is CC(C)NC(N)=NCC1CCS(=O)(=O)C1. The van der Waals surface area contributed by atoms with Crippen molar-refractivity contribution in [2.24, 2.45) is 16.6 Å². The maximum Gasteiger partial charge on any atom is 0.188 e. The lowest BCUT2D eigenvalue weighted by atomic mass is 10.1. The fraction of sp³-hybridized carbons (Fsp3) is 0.889. The van der Waals surface area contributed by atoms with E-state index in [-0.39, 0.29) is 17.7 Å². The average Bonchev–Trinajstić information content (AvgIpc) is 2.41. The van der Waals surface area contributed by atoms with Gasteiger partial charge in [-0.1, -0.05) is 0 Å². The Balaban J connectivity index is 2.38. The minimum absolute atomic E-state index is 0.141. The first-order valence-electron chi connectivity index (χ1n) is 5.16. The van der Waals surface area contributed by atoms with Gasteiger partial charge in [-0.2, -0.15) is 0 Å². The van der Waals surface area contributed by atoms with Gasteiger partial charge in [0.25, 0.3) is 0 Å². The summed E-state index contributed by atoms with van der Waals surface area (Å²) in [4.78, 5) is 4.13. The molecule has 15 heavy (non-hydrogen) atoms. The minimum atomic E-state index is -2.80. The second-order valence-corrected chi connectivity index (χ2v) is 6.52. The fourth-order valence-corrected chi connectivity index (χ4v) is 3.43. The molecular weight excluding hydrogens is 214 g/mol. The Morgan fingerprint density at radius 3 is 2.73 bits per heavy atom. The standard InChI is InChI=1S/C9H19N3O2S/c1-7(2)12-9(10)11-5-8-3-4-15(13,14)6-8/h7-8H,3-6H2,1-2H3,(H3,10,11,12). The number of nitrogens with one attached hydrogen (secondary N) is 1. The largest absolute Gasteiger partial charge is 0.370 e. The van der Waals surface area contributed by atoms with Crippen molar-refractivity contribution < 1.29 is 8.42 Å². The molecule has 3 N–H and O–H groups in total. The number of sulfone groups is 1. The van der Waals surface area contributed by atoms with Crippen molar-refractivity contribution in [3.05, 3.63) is 0 Å². The Labute approximate surface area is 91.1 Å². The van der Waals surface area contributed by atoms with Crippen LogP contribution in [0.4, 0.5) is 0 Å². The smallest absolute Gasteiger partial charge is 0.188 e. The first-order valence-corrected chi connectivity index (χ1v) is 6.98. The van der Waals surface area contributed by atoms with Crippen LogP contribution in [-0.4, -0.2) is 38.5 Å². The van der Waals surface area contributed by atoms with Gasteiger partial charge >= 0.3 is 0 Å². The molecule has 1 fully saturated rings. The molecule has 1 aliphatic rings. The van der Waals surface area contributed by atoms with E-state index in [4.69, 9.17) is 5.73 Å². The van der Waals surface area contributed by atoms with E-state index in [1.807, 2.05) is 13.8 Å². The Bertz CT molecular complexity index is 335. The van der Waals surface area contributed by atoms with Crippen LogP contribution in [0.2, 0.25) is 0 Å². The lowest BCUT2D eigenvalue weighted by molar-refractivity contribution is 0.589. The number of guanidine groups is 1. The quantitative estimate of drug-likeness (QED) is 0.519. The monoisotopic (exact) mass is 233 g/mol. The van der Waals surface area contributed by atoms with Crippen molar-refractivity contribution in [2.75, 3.05) is 18.1 Å². The van der Waals surface area contributed by atoms with Gasteiger partial charge in [0.2, 0.25) is 0 Å². The number of hydrogen-bond acceptors (Lipinski definition) is 3. The highest BCUT2D eigenvalue weighted by atomic mass is 32.2. The van der Waals surface area contributed by atoms with E-state index in [1.54, 1.807) is 0 Å². The van der Waals surface area contributed by atoms with Crippen LogP contribution >= 0.6 is 0 Å². The lowest BCUT2D eigenvalue weighted by Gasteiger charge is -2.09. The van der Waals surface area contributed by atoms with Gasteiger partial charge in [-0.25, -0.2) is 8.42 Å². The Morgan fingerprint density at radius 1 is 1.60 bits per heavy atom. The Kier molecular flexibility index (Phi) is 3.96. The molecule has 0 aliphatic carbocycles. The molecule has 0 spiro atoms. The normalized spacial score (nSPS) is 25.8. The molecular formula is C9H19N3O2S. The number of nitrogens with two attached hydrogens (primary N) is 1. The van der Waals surface area contributed by atoms with E-state index in [1.165, 1.54) is 0 Å². The van der Waals surface area contributed by atoms with E-state index < -0.39 is 9.84 Å². The second kappa shape index (κ2) is 4.83. The number of aliphatic imine (C=N–C) groups is 1. The topological polar surface area (TPSA) is 84.5 Å². The van der Waals surface area contributed by atoms with Crippen molar-refractivity contribution >= 4 is 15.8 Å². The summed E-state index contributed by atoms with van der Waals surface area (Å²) in [6.45, 7) is 4.45. The second-order valence-electron chi connectivity index (χ2n) is 4.29. The van der Waals surface area contributed by atoms with Crippen LogP contribution in [0, 0.1) is 5.92 Å². The lowest BCUT2D eigenvalue weighted by Crippen LogP contribution is -2.37. The summed E-state index contributed by atoms with van der Waals surface area (Å²) in [5.74, 6) is 1.09. The van der Waals surface area contributed by atoms with Gasteiger partial charge in [0.1, 0.15) is 0 Å². The molecule has 1 saturated heterocycles. The van der Waals surface area contributed by atoms with Gasteiger partial charge in [-0.3, -0.25) is 4.99 Å². The highest BCUT2D eigenvalue weighted by Gasteiger charge is 2.27. The highest BCUT2D eigenvalue weighted by Crippen LogP contribution is 2.18. The zero-order chi connectivity index (χ0) is 11.5. The molecule has 1 rings (SSSR count). The Hall–Kier alpha value is -0.780. The van der Waals surface area contributed by atoms with Crippen LogP contribution < -0.4 is 11.1 Å². The highest BCUT2D eigenvalue weighted by molar-refractivity contribution is 7.91. The zero-order valence-electron chi connectivity index (χ0n) is 9.23. The molecule has 0 aromatic heterocycles. The van der Waals surface area contributed by atoms with E-state index in [9.17, 15) is 8.42 Å². The Morgan fingerprint density at radius 2 is 2.27 bits per heavy atom. The number of rotatable bonds is 3. The van der Waals surface area contributed by atoms with Crippen molar-refractivity contribution in [1.29, 1.82) is 0 Å². The molecule has 5 nitrogen and oxygen atoms in total. The zero-order valence-corrected chi connectivity index (χ0v) is 10.0. The fourth-order valence-electron chi connectivity index (χ4n) is 1.58. The predicted molar refractivity (Wildman–Crippen MR) is 61.5 cm³/mol. The molecule has 0 radical (unpaired) electrons. The van der Waals surface area contributed by atoms with Gasteiger partial charge in [-0.05, 0) is 26.2 Å². The van der Waals surface area contributed by atoms with Crippen LogP contribution in [0.3, 0.4) is 0 Å². The maximum absolute atomic E-state index is 11.2. The van der Waals surface area contributed by atoms with Crippen LogP contribution in [-0.2, 0) is 9.84 Å². The van der Waals surface area contributed by atoms with E-state index >= 15 is 0 Å². The molecule has 0 aromatic rings. The summed E-state index contributed by atoms with van der Waals surface area (Å²) in [6, 6.07) is 0.251. The van der Waals surface area contributed by atoms with Gasteiger partial charge in [0.05, 0.1) is 11.5 Å². The van der Waals surface area contributed by atoms with Crippen molar-refractivity contribution in [3.8, 4) is 0 Å². The van der Waals surface area contributed by atoms with Crippen molar-refractivity contribution in [1.82, 2.24) is 5.32 Å².